The minimum atomic E-state index is 0.248. The van der Waals surface area contributed by atoms with E-state index in [1.165, 1.54) is 18.4 Å². The number of hydrogen-bond donors (Lipinski definition) is 1. The molecule has 2 heteroatoms. The normalized spacial score (nSPS) is 12.1. The topological polar surface area (TPSA) is 49.8 Å². The summed E-state index contributed by atoms with van der Waals surface area (Å²) in [5.74, 6) is 0. The summed E-state index contributed by atoms with van der Waals surface area (Å²) in [6, 6.07) is 10.0. The molecule has 0 aromatic heterocycles. The van der Waals surface area contributed by atoms with E-state index >= 15 is 0 Å². The van der Waals surface area contributed by atoms with E-state index < -0.39 is 0 Å². The highest BCUT2D eigenvalue weighted by atomic mass is 14.6. The van der Waals surface area contributed by atoms with Gasteiger partial charge in [-0.25, -0.2) is 0 Å². The van der Waals surface area contributed by atoms with Gasteiger partial charge in [-0.15, -0.1) is 0 Å². The highest BCUT2D eigenvalue weighted by molar-refractivity contribution is 5.31. The first-order valence-corrected chi connectivity index (χ1v) is 5.51. The van der Waals surface area contributed by atoms with Gasteiger partial charge in [0.1, 0.15) is 0 Å². The van der Waals surface area contributed by atoms with Crippen molar-refractivity contribution in [3.63, 3.8) is 0 Å². The lowest BCUT2D eigenvalue weighted by Crippen LogP contribution is -2.22. The van der Waals surface area contributed by atoms with Gasteiger partial charge in [-0.3, -0.25) is 0 Å². The van der Waals surface area contributed by atoms with Gasteiger partial charge in [0, 0.05) is 6.04 Å². The molecule has 0 radical (unpaired) electrons. The van der Waals surface area contributed by atoms with E-state index in [1.54, 1.807) is 0 Å². The van der Waals surface area contributed by atoms with Gasteiger partial charge in [-0.1, -0.05) is 31.9 Å². The molecule has 0 spiro atoms. The quantitative estimate of drug-likeness (QED) is 0.798. The maximum atomic E-state index is 8.65. The van der Waals surface area contributed by atoms with Crippen LogP contribution in [0.5, 0.6) is 0 Å². The fourth-order valence-electron chi connectivity index (χ4n) is 1.59. The zero-order chi connectivity index (χ0) is 11.1. The molecular weight excluding hydrogens is 184 g/mol. The smallest absolute Gasteiger partial charge is 0.0991 e. The fourth-order valence-corrected chi connectivity index (χ4v) is 1.59. The Morgan fingerprint density at radius 1 is 1.33 bits per heavy atom. The Kier molecular flexibility index (Phi) is 4.86. The molecule has 0 fully saturated rings. The van der Waals surface area contributed by atoms with E-state index in [0.29, 0.717) is 5.56 Å². The molecule has 0 amide bonds. The fraction of sp³-hybridized carbons (Fsp3) is 0.462. The van der Waals surface area contributed by atoms with Crippen molar-refractivity contribution in [3.8, 4) is 6.07 Å². The van der Waals surface area contributed by atoms with Gasteiger partial charge < -0.3 is 5.73 Å². The molecule has 2 N–H and O–H groups in total. The molecule has 0 aliphatic rings. The van der Waals surface area contributed by atoms with E-state index in [0.717, 1.165) is 12.8 Å². The van der Waals surface area contributed by atoms with E-state index in [4.69, 9.17) is 11.0 Å². The van der Waals surface area contributed by atoms with Crippen LogP contribution in [0.15, 0.2) is 24.3 Å². The summed E-state index contributed by atoms with van der Waals surface area (Å²) in [5, 5.41) is 8.65. The summed E-state index contributed by atoms with van der Waals surface area (Å²) < 4.78 is 0. The van der Waals surface area contributed by atoms with Gasteiger partial charge in [-0.2, -0.15) is 5.26 Å². The third kappa shape index (κ3) is 4.14. The third-order valence-corrected chi connectivity index (χ3v) is 2.51. The minimum Gasteiger partial charge on any atom is -0.327 e. The molecule has 0 aliphatic carbocycles. The monoisotopic (exact) mass is 202 g/mol. The molecule has 1 aromatic carbocycles. The highest BCUT2D eigenvalue weighted by Gasteiger charge is 2.03. The van der Waals surface area contributed by atoms with Gasteiger partial charge in [0.15, 0.2) is 0 Å². The summed E-state index contributed by atoms with van der Waals surface area (Å²) in [5.41, 5.74) is 7.93. The molecule has 1 aromatic rings. The van der Waals surface area contributed by atoms with Crippen LogP contribution in [-0.4, -0.2) is 6.04 Å². The molecule has 1 unspecified atom stereocenters. The number of benzene rings is 1. The molecule has 0 saturated carbocycles. The second kappa shape index (κ2) is 6.21. The molecule has 0 bridgehead atoms. The Labute approximate surface area is 91.7 Å². The summed E-state index contributed by atoms with van der Waals surface area (Å²) in [7, 11) is 0. The number of nitrogens with zero attached hydrogens (tertiary/aromatic N) is 1. The summed E-state index contributed by atoms with van der Waals surface area (Å²) in [4.78, 5) is 0. The van der Waals surface area contributed by atoms with Crippen LogP contribution in [0.3, 0.4) is 0 Å². The molecule has 80 valence electrons. The van der Waals surface area contributed by atoms with Crippen molar-refractivity contribution in [2.45, 2.75) is 38.6 Å². The van der Waals surface area contributed by atoms with Gasteiger partial charge >= 0.3 is 0 Å². The first-order valence-electron chi connectivity index (χ1n) is 5.51. The zero-order valence-corrected chi connectivity index (χ0v) is 9.24. The SMILES string of the molecule is CCCCC(N)Cc1ccc(C#N)cc1. The maximum absolute atomic E-state index is 8.65. The highest BCUT2D eigenvalue weighted by Crippen LogP contribution is 2.08. The van der Waals surface area contributed by atoms with Gasteiger partial charge in [0.2, 0.25) is 0 Å². The van der Waals surface area contributed by atoms with Crippen LogP contribution < -0.4 is 5.73 Å². The van der Waals surface area contributed by atoms with Crippen molar-refractivity contribution < 1.29 is 0 Å². The number of rotatable bonds is 5. The molecule has 15 heavy (non-hydrogen) atoms. The Hall–Kier alpha value is -1.33. The maximum Gasteiger partial charge on any atom is 0.0991 e. The largest absolute Gasteiger partial charge is 0.327 e. The van der Waals surface area contributed by atoms with E-state index in [2.05, 4.69) is 13.0 Å². The standard InChI is InChI=1S/C13H18N2/c1-2-3-4-13(15)9-11-5-7-12(10-14)8-6-11/h5-8,13H,2-4,9,15H2,1H3. The van der Waals surface area contributed by atoms with E-state index in [-0.39, 0.29) is 6.04 Å². The van der Waals surface area contributed by atoms with Crippen molar-refractivity contribution in [3.05, 3.63) is 35.4 Å². The first kappa shape index (κ1) is 11.7. The zero-order valence-electron chi connectivity index (χ0n) is 9.24. The van der Waals surface area contributed by atoms with Crippen molar-refractivity contribution >= 4 is 0 Å². The predicted octanol–water partition coefficient (Wildman–Crippen LogP) is 2.62. The Morgan fingerprint density at radius 2 is 2.00 bits per heavy atom. The molecule has 1 rings (SSSR count). The van der Waals surface area contributed by atoms with E-state index in [9.17, 15) is 0 Å². The molecule has 2 nitrogen and oxygen atoms in total. The Morgan fingerprint density at radius 3 is 2.53 bits per heavy atom. The number of nitriles is 1. The van der Waals surface area contributed by atoms with Crippen molar-refractivity contribution in [1.29, 1.82) is 5.26 Å². The van der Waals surface area contributed by atoms with Crippen LogP contribution >= 0.6 is 0 Å². The lowest BCUT2D eigenvalue weighted by molar-refractivity contribution is 0.574. The molecular formula is C13H18N2. The van der Waals surface area contributed by atoms with E-state index in [1.807, 2.05) is 24.3 Å². The lowest BCUT2D eigenvalue weighted by atomic mass is 10.0. The van der Waals surface area contributed by atoms with Crippen LogP contribution in [0.25, 0.3) is 0 Å². The molecule has 0 heterocycles. The van der Waals surface area contributed by atoms with Gasteiger partial charge in [0.05, 0.1) is 11.6 Å². The second-order valence-corrected chi connectivity index (χ2v) is 3.92. The summed E-state index contributed by atoms with van der Waals surface area (Å²) in [6.07, 6.45) is 4.38. The van der Waals surface area contributed by atoms with Crippen LogP contribution in [0.1, 0.15) is 37.3 Å². The predicted molar refractivity (Wildman–Crippen MR) is 62.4 cm³/mol. The third-order valence-electron chi connectivity index (χ3n) is 2.51. The van der Waals surface area contributed by atoms with Crippen LogP contribution in [-0.2, 0) is 6.42 Å². The van der Waals surface area contributed by atoms with Gasteiger partial charge in [0.25, 0.3) is 0 Å². The summed E-state index contributed by atoms with van der Waals surface area (Å²) in [6.45, 7) is 2.18. The Bertz CT molecular complexity index is 321. The van der Waals surface area contributed by atoms with Crippen molar-refractivity contribution in [2.24, 2.45) is 5.73 Å². The van der Waals surface area contributed by atoms with Crippen LogP contribution in [0.2, 0.25) is 0 Å². The number of nitrogens with two attached hydrogens (primary N) is 1. The first-order chi connectivity index (χ1) is 7.26. The molecule has 0 saturated heterocycles. The molecule has 0 aliphatic heterocycles. The average molecular weight is 202 g/mol. The van der Waals surface area contributed by atoms with Crippen molar-refractivity contribution in [1.82, 2.24) is 0 Å². The van der Waals surface area contributed by atoms with Gasteiger partial charge in [-0.05, 0) is 30.5 Å². The second-order valence-electron chi connectivity index (χ2n) is 3.92. The van der Waals surface area contributed by atoms with Crippen LogP contribution in [0.4, 0.5) is 0 Å². The summed E-state index contributed by atoms with van der Waals surface area (Å²) >= 11 is 0. The van der Waals surface area contributed by atoms with Crippen molar-refractivity contribution in [2.75, 3.05) is 0 Å². The number of hydrogen-bond acceptors (Lipinski definition) is 2. The lowest BCUT2D eigenvalue weighted by Gasteiger charge is -2.10. The molecule has 1 atom stereocenters. The Balaban J connectivity index is 2.47. The van der Waals surface area contributed by atoms with Crippen LogP contribution in [0, 0.1) is 11.3 Å². The number of unbranched alkanes of at least 4 members (excludes halogenated alkanes) is 1. The average Bonchev–Trinajstić information content (AvgIpc) is 2.27. The minimum absolute atomic E-state index is 0.248.